The zero-order chi connectivity index (χ0) is 18.0. The van der Waals surface area contributed by atoms with E-state index in [2.05, 4.69) is 21.7 Å². The fraction of sp³-hybridized carbons (Fsp3) is 0.333. The highest BCUT2D eigenvalue weighted by molar-refractivity contribution is 7.91. The van der Waals surface area contributed by atoms with Gasteiger partial charge < -0.3 is 10.6 Å². The molecule has 1 unspecified atom stereocenters. The second-order valence-corrected chi connectivity index (χ2v) is 8.68. The maximum absolute atomic E-state index is 12.3. The van der Waals surface area contributed by atoms with Crippen LogP contribution in [0.2, 0.25) is 0 Å². The molecule has 2 heterocycles. The first kappa shape index (κ1) is 17.4. The molecule has 132 valence electrons. The zero-order valence-corrected chi connectivity index (χ0v) is 15.1. The SMILES string of the molecule is Cc1ccc(Nc2ccnc(C(=O)NC3CCS(=O)(=O)C3)c2)c(C)c1. The second-order valence-electron chi connectivity index (χ2n) is 6.45. The van der Waals surface area contributed by atoms with Gasteiger partial charge in [0.15, 0.2) is 9.84 Å². The largest absolute Gasteiger partial charge is 0.355 e. The van der Waals surface area contributed by atoms with Crippen molar-refractivity contribution >= 4 is 27.1 Å². The molecule has 2 aromatic rings. The van der Waals surface area contributed by atoms with Gasteiger partial charge in [0.2, 0.25) is 0 Å². The van der Waals surface area contributed by atoms with E-state index in [1.165, 1.54) is 5.56 Å². The van der Waals surface area contributed by atoms with Crippen molar-refractivity contribution in [2.45, 2.75) is 26.3 Å². The summed E-state index contributed by atoms with van der Waals surface area (Å²) in [6, 6.07) is 9.21. The maximum Gasteiger partial charge on any atom is 0.270 e. The Labute approximate surface area is 147 Å². The van der Waals surface area contributed by atoms with Crippen molar-refractivity contribution in [1.29, 1.82) is 0 Å². The number of rotatable bonds is 4. The topological polar surface area (TPSA) is 88.2 Å². The van der Waals surface area contributed by atoms with Gasteiger partial charge in [0.1, 0.15) is 5.69 Å². The Balaban J connectivity index is 1.71. The molecule has 1 aliphatic heterocycles. The molecule has 1 fully saturated rings. The highest BCUT2D eigenvalue weighted by atomic mass is 32.2. The van der Waals surface area contributed by atoms with Gasteiger partial charge in [0, 0.05) is 23.6 Å². The third-order valence-electron chi connectivity index (χ3n) is 4.22. The predicted octanol–water partition coefficient (Wildman–Crippen LogP) is 2.36. The van der Waals surface area contributed by atoms with Crippen LogP contribution in [0, 0.1) is 13.8 Å². The van der Waals surface area contributed by atoms with E-state index in [0.29, 0.717) is 6.42 Å². The summed E-state index contributed by atoms with van der Waals surface area (Å²) in [5, 5.41) is 6.04. The van der Waals surface area contributed by atoms with Crippen LogP contribution in [0.3, 0.4) is 0 Å². The van der Waals surface area contributed by atoms with Crippen LogP contribution in [0.4, 0.5) is 11.4 Å². The normalized spacial score (nSPS) is 18.7. The van der Waals surface area contributed by atoms with Crippen molar-refractivity contribution in [2.75, 3.05) is 16.8 Å². The molecule has 1 amide bonds. The Bertz CT molecular complexity index is 910. The number of hydrogen-bond acceptors (Lipinski definition) is 5. The second kappa shape index (κ2) is 6.84. The van der Waals surface area contributed by atoms with Gasteiger partial charge in [0.25, 0.3) is 5.91 Å². The van der Waals surface area contributed by atoms with Crippen LogP contribution < -0.4 is 10.6 Å². The van der Waals surface area contributed by atoms with Gasteiger partial charge in [-0.1, -0.05) is 17.7 Å². The van der Waals surface area contributed by atoms with Gasteiger partial charge in [-0.15, -0.1) is 0 Å². The first-order chi connectivity index (χ1) is 11.8. The minimum Gasteiger partial charge on any atom is -0.355 e. The third-order valence-corrected chi connectivity index (χ3v) is 5.99. The number of nitrogens with one attached hydrogen (secondary N) is 2. The summed E-state index contributed by atoms with van der Waals surface area (Å²) in [6.07, 6.45) is 2.01. The highest BCUT2D eigenvalue weighted by Crippen LogP contribution is 2.21. The number of amides is 1. The molecule has 0 bridgehead atoms. The van der Waals surface area contributed by atoms with Crippen molar-refractivity contribution < 1.29 is 13.2 Å². The van der Waals surface area contributed by atoms with Crippen LogP contribution >= 0.6 is 0 Å². The summed E-state index contributed by atoms with van der Waals surface area (Å²) in [6.45, 7) is 4.06. The van der Waals surface area contributed by atoms with Crippen molar-refractivity contribution in [1.82, 2.24) is 10.3 Å². The van der Waals surface area contributed by atoms with E-state index in [1.54, 1.807) is 18.3 Å². The van der Waals surface area contributed by atoms with E-state index < -0.39 is 9.84 Å². The molecule has 2 N–H and O–H groups in total. The van der Waals surface area contributed by atoms with Gasteiger partial charge >= 0.3 is 0 Å². The molecule has 0 saturated carbocycles. The van der Waals surface area contributed by atoms with E-state index >= 15 is 0 Å². The molecule has 0 radical (unpaired) electrons. The summed E-state index contributed by atoms with van der Waals surface area (Å²) in [7, 11) is -3.03. The Morgan fingerprint density at radius 2 is 2.00 bits per heavy atom. The van der Waals surface area contributed by atoms with Crippen LogP contribution in [0.15, 0.2) is 36.5 Å². The average molecular weight is 359 g/mol. The van der Waals surface area contributed by atoms with Crippen molar-refractivity contribution in [2.24, 2.45) is 0 Å². The molecule has 1 atom stereocenters. The summed E-state index contributed by atoms with van der Waals surface area (Å²) < 4.78 is 23.0. The van der Waals surface area contributed by atoms with Gasteiger partial charge in [-0.05, 0) is 44.0 Å². The van der Waals surface area contributed by atoms with E-state index in [4.69, 9.17) is 0 Å². The Morgan fingerprint density at radius 1 is 1.20 bits per heavy atom. The van der Waals surface area contributed by atoms with Gasteiger partial charge in [-0.25, -0.2) is 8.42 Å². The molecule has 1 aromatic carbocycles. The number of carbonyl (C=O) groups excluding carboxylic acids is 1. The van der Waals surface area contributed by atoms with Crippen molar-refractivity contribution in [3.8, 4) is 0 Å². The lowest BCUT2D eigenvalue weighted by atomic mass is 10.1. The van der Waals surface area contributed by atoms with Crippen LogP contribution in [0.1, 0.15) is 28.0 Å². The molecular weight excluding hydrogens is 338 g/mol. The van der Waals surface area contributed by atoms with Crippen molar-refractivity contribution in [3.05, 3.63) is 53.3 Å². The van der Waals surface area contributed by atoms with Gasteiger partial charge in [-0.3, -0.25) is 9.78 Å². The predicted molar refractivity (Wildman–Crippen MR) is 98.0 cm³/mol. The Morgan fingerprint density at radius 3 is 2.68 bits per heavy atom. The summed E-state index contributed by atoms with van der Waals surface area (Å²) in [4.78, 5) is 16.4. The number of sulfone groups is 1. The zero-order valence-electron chi connectivity index (χ0n) is 14.2. The molecule has 6 nitrogen and oxygen atoms in total. The van der Waals surface area contributed by atoms with Crippen molar-refractivity contribution in [3.63, 3.8) is 0 Å². The summed E-state index contributed by atoms with van der Waals surface area (Å²) in [5.41, 5.74) is 4.28. The first-order valence-corrected chi connectivity index (χ1v) is 9.96. The minimum absolute atomic E-state index is 0.000752. The lowest BCUT2D eigenvalue weighted by Gasteiger charge is -2.13. The third kappa shape index (κ3) is 4.36. The lowest BCUT2D eigenvalue weighted by molar-refractivity contribution is 0.0936. The maximum atomic E-state index is 12.3. The first-order valence-electron chi connectivity index (χ1n) is 8.14. The van der Waals surface area contributed by atoms with E-state index in [1.807, 2.05) is 26.0 Å². The smallest absolute Gasteiger partial charge is 0.270 e. The summed E-state index contributed by atoms with van der Waals surface area (Å²) >= 11 is 0. The monoisotopic (exact) mass is 359 g/mol. The lowest BCUT2D eigenvalue weighted by Crippen LogP contribution is -2.36. The Hall–Kier alpha value is -2.41. The average Bonchev–Trinajstić information content (AvgIpc) is 2.89. The van der Waals surface area contributed by atoms with E-state index in [-0.39, 0.29) is 29.1 Å². The van der Waals surface area contributed by atoms with Gasteiger partial charge in [-0.2, -0.15) is 0 Å². The number of carbonyl (C=O) groups is 1. The molecule has 0 aliphatic carbocycles. The number of benzene rings is 1. The standard InChI is InChI=1S/C18H21N3O3S/c1-12-3-4-16(13(2)9-12)20-14-5-7-19-17(10-14)18(22)21-15-6-8-25(23,24)11-15/h3-5,7,9-10,15H,6,8,11H2,1-2H3,(H,19,20)(H,21,22). The van der Waals surface area contributed by atoms with Crippen LogP contribution in [0.25, 0.3) is 0 Å². The molecule has 1 aromatic heterocycles. The Kier molecular flexibility index (Phi) is 4.76. The minimum atomic E-state index is -3.03. The fourth-order valence-electron chi connectivity index (χ4n) is 2.91. The van der Waals surface area contributed by atoms with Crippen LogP contribution in [-0.4, -0.2) is 36.9 Å². The molecule has 3 rings (SSSR count). The number of nitrogens with zero attached hydrogens (tertiary/aromatic N) is 1. The number of hydrogen-bond donors (Lipinski definition) is 2. The van der Waals surface area contributed by atoms with E-state index in [9.17, 15) is 13.2 Å². The molecule has 1 aliphatic rings. The highest BCUT2D eigenvalue weighted by Gasteiger charge is 2.29. The number of aryl methyl sites for hydroxylation is 2. The molecule has 7 heteroatoms. The molecule has 0 spiro atoms. The molecule has 25 heavy (non-hydrogen) atoms. The van der Waals surface area contributed by atoms with Gasteiger partial charge in [0.05, 0.1) is 11.5 Å². The number of aromatic nitrogens is 1. The molecular formula is C18H21N3O3S. The summed E-state index contributed by atoms with van der Waals surface area (Å²) in [5.74, 6) is -0.231. The number of pyridine rings is 1. The number of anilines is 2. The quantitative estimate of drug-likeness (QED) is 0.875. The molecule has 1 saturated heterocycles. The van der Waals surface area contributed by atoms with Crippen LogP contribution in [-0.2, 0) is 9.84 Å². The van der Waals surface area contributed by atoms with Crippen LogP contribution in [0.5, 0.6) is 0 Å². The van der Waals surface area contributed by atoms with E-state index in [0.717, 1.165) is 16.9 Å². The fourth-order valence-corrected chi connectivity index (χ4v) is 4.58.